The smallest absolute Gasteiger partial charge is 0.460 e. The summed E-state index contributed by atoms with van der Waals surface area (Å²) in [5.41, 5.74) is 1.16. The van der Waals surface area contributed by atoms with Gasteiger partial charge in [0.05, 0.1) is 6.42 Å². The van der Waals surface area contributed by atoms with Gasteiger partial charge >= 0.3 is 41.8 Å². The molecule has 2 aromatic carbocycles. The molecule has 1 unspecified atom stereocenters. The van der Waals surface area contributed by atoms with Crippen LogP contribution in [0.4, 0.5) is 57.1 Å². The van der Waals surface area contributed by atoms with Crippen LogP contribution in [0, 0.1) is 0 Å². The molecule has 16 heteroatoms. The summed E-state index contributed by atoms with van der Waals surface area (Å²) in [4.78, 5) is 13.2. The van der Waals surface area contributed by atoms with Gasteiger partial charge in [0.15, 0.2) is 0 Å². The number of esters is 1. The van der Waals surface area contributed by atoms with Crippen molar-refractivity contribution in [1.82, 2.24) is 0 Å². The number of alkyl halides is 13. The normalized spacial score (nSPS) is 14.8. The van der Waals surface area contributed by atoms with Crippen LogP contribution in [-0.2, 0) is 28.0 Å². The first-order valence-corrected chi connectivity index (χ1v) is 14.0. The van der Waals surface area contributed by atoms with Crippen molar-refractivity contribution in [3.8, 4) is 0 Å². The van der Waals surface area contributed by atoms with Crippen LogP contribution < -0.4 is 0 Å². The molecule has 0 aliphatic rings. The lowest BCUT2D eigenvalue weighted by atomic mass is 9.87. The van der Waals surface area contributed by atoms with Crippen LogP contribution in [-0.4, -0.2) is 47.0 Å². The Kier molecular flexibility index (Phi) is 11.3. The van der Waals surface area contributed by atoms with Crippen LogP contribution in [0.15, 0.2) is 53.4 Å². The average Bonchev–Trinajstić information content (AvgIpc) is 2.90. The van der Waals surface area contributed by atoms with Gasteiger partial charge in [-0.25, -0.2) is 0 Å². The first-order chi connectivity index (χ1) is 20.2. The molecule has 2 rings (SSSR count). The number of hydrogen-bond acceptors (Lipinski definition) is 3. The number of benzene rings is 2. The Hall–Kier alpha value is -2.65. The van der Waals surface area contributed by atoms with Gasteiger partial charge in [-0.05, 0) is 40.7 Å². The summed E-state index contributed by atoms with van der Waals surface area (Å²) in [6, 6.07) is 12.3. The van der Waals surface area contributed by atoms with E-state index in [1.807, 2.05) is 24.3 Å². The van der Waals surface area contributed by atoms with Gasteiger partial charge in [0.1, 0.15) is 6.61 Å². The molecule has 0 bridgehead atoms. The van der Waals surface area contributed by atoms with Crippen molar-refractivity contribution < 1.29 is 66.6 Å². The standard InChI is InChI=1S/C29H29F13O2S/c1-17(45-21-11-9-20(10-12-21)23(2,3)4)15-22(43)44-16-19-7-5-18(6-8-19)13-14-24(30,31)25(32,33)26(34,35)27(36,37)28(38,39)29(40,41)42/h5-12,17H,13-16H2,1-4H3. The molecule has 254 valence electrons. The van der Waals surface area contributed by atoms with Gasteiger partial charge in [-0.15, -0.1) is 11.8 Å². The predicted molar refractivity (Wildman–Crippen MR) is 140 cm³/mol. The molecule has 0 aromatic heterocycles. The van der Waals surface area contributed by atoms with Crippen molar-refractivity contribution in [2.75, 3.05) is 0 Å². The maximum Gasteiger partial charge on any atom is 0.460 e. The van der Waals surface area contributed by atoms with E-state index in [9.17, 15) is 61.9 Å². The Morgan fingerprint density at radius 3 is 1.62 bits per heavy atom. The molecular formula is C29H29F13O2S. The molecule has 0 saturated heterocycles. The summed E-state index contributed by atoms with van der Waals surface area (Å²) in [6.07, 6.45) is -10.9. The first-order valence-electron chi connectivity index (χ1n) is 13.1. The van der Waals surface area contributed by atoms with Gasteiger partial charge in [0.2, 0.25) is 0 Å². The SMILES string of the molecule is CC(CC(=O)OCc1ccc(CCC(F)(F)C(F)(F)C(F)(F)C(F)(F)C(F)(F)C(F)(F)F)cc1)Sc1ccc(C(C)(C)C)cc1. The number of thioether (sulfide) groups is 1. The van der Waals surface area contributed by atoms with Gasteiger partial charge in [0, 0.05) is 16.6 Å². The summed E-state index contributed by atoms with van der Waals surface area (Å²) in [5.74, 6) is -37.5. The topological polar surface area (TPSA) is 26.3 Å². The highest BCUT2D eigenvalue weighted by Gasteiger charge is 2.90. The van der Waals surface area contributed by atoms with Crippen LogP contribution >= 0.6 is 11.8 Å². The van der Waals surface area contributed by atoms with Gasteiger partial charge in [-0.1, -0.05) is 64.1 Å². The van der Waals surface area contributed by atoms with Crippen LogP contribution in [0.3, 0.4) is 0 Å². The zero-order valence-corrected chi connectivity index (χ0v) is 25.0. The van der Waals surface area contributed by atoms with E-state index in [1.54, 1.807) is 6.92 Å². The van der Waals surface area contributed by atoms with Crippen molar-refractivity contribution in [3.05, 3.63) is 65.2 Å². The molecule has 45 heavy (non-hydrogen) atoms. The number of hydrogen-bond donors (Lipinski definition) is 0. The summed E-state index contributed by atoms with van der Waals surface area (Å²) in [5, 5.41) is -0.174. The van der Waals surface area contributed by atoms with Crippen molar-refractivity contribution in [2.45, 2.75) is 105 Å². The molecule has 0 fully saturated rings. The van der Waals surface area contributed by atoms with Crippen molar-refractivity contribution in [1.29, 1.82) is 0 Å². The third-order valence-corrected chi connectivity index (χ3v) is 7.77. The Labute approximate surface area is 254 Å². The van der Waals surface area contributed by atoms with E-state index in [0.717, 1.165) is 22.6 Å². The largest absolute Gasteiger partial charge is 0.461 e. The van der Waals surface area contributed by atoms with E-state index in [2.05, 4.69) is 20.8 Å². The Balaban J connectivity index is 1.96. The molecule has 2 nitrogen and oxygen atoms in total. The molecule has 1 atom stereocenters. The number of rotatable bonds is 13. The molecule has 0 amide bonds. The molecule has 0 spiro atoms. The fourth-order valence-electron chi connectivity index (χ4n) is 3.83. The lowest BCUT2D eigenvalue weighted by molar-refractivity contribution is -0.440. The van der Waals surface area contributed by atoms with E-state index in [0.29, 0.717) is 5.56 Å². The molecule has 0 aliphatic carbocycles. The fourth-order valence-corrected chi connectivity index (χ4v) is 4.80. The molecule has 0 radical (unpaired) electrons. The van der Waals surface area contributed by atoms with Crippen molar-refractivity contribution >= 4 is 17.7 Å². The molecular weight excluding hydrogens is 659 g/mol. The Bertz CT molecular complexity index is 1280. The third-order valence-electron chi connectivity index (χ3n) is 6.66. The van der Waals surface area contributed by atoms with Crippen molar-refractivity contribution in [3.63, 3.8) is 0 Å². The minimum Gasteiger partial charge on any atom is -0.461 e. The van der Waals surface area contributed by atoms with Crippen LogP contribution in [0.25, 0.3) is 0 Å². The van der Waals surface area contributed by atoms with Gasteiger partial charge < -0.3 is 4.74 Å². The molecule has 2 aromatic rings. The third kappa shape index (κ3) is 8.39. The number of ether oxygens (including phenoxy) is 1. The second-order valence-electron chi connectivity index (χ2n) is 11.4. The predicted octanol–water partition coefficient (Wildman–Crippen LogP) is 10.3. The Morgan fingerprint density at radius 1 is 0.689 bits per heavy atom. The van der Waals surface area contributed by atoms with Gasteiger partial charge in [0.25, 0.3) is 0 Å². The quantitative estimate of drug-likeness (QED) is 0.119. The molecule has 0 heterocycles. The summed E-state index contributed by atoms with van der Waals surface area (Å²) in [6.45, 7) is 7.72. The maximum atomic E-state index is 14.0. The number of halogens is 13. The van der Waals surface area contributed by atoms with Crippen LogP contribution in [0.2, 0.25) is 0 Å². The minimum absolute atomic E-state index is 0.0195. The zero-order chi connectivity index (χ0) is 34.9. The van der Waals surface area contributed by atoms with E-state index in [-0.39, 0.29) is 29.3 Å². The van der Waals surface area contributed by atoms with Crippen molar-refractivity contribution in [2.24, 2.45) is 0 Å². The van der Waals surface area contributed by atoms with Gasteiger partial charge in [-0.2, -0.15) is 57.1 Å². The lowest BCUT2D eigenvalue weighted by Gasteiger charge is -2.39. The monoisotopic (exact) mass is 688 g/mol. The van der Waals surface area contributed by atoms with Crippen LogP contribution in [0.1, 0.15) is 57.2 Å². The zero-order valence-electron chi connectivity index (χ0n) is 24.2. The van der Waals surface area contributed by atoms with E-state index in [4.69, 9.17) is 4.74 Å². The van der Waals surface area contributed by atoms with Gasteiger partial charge in [-0.3, -0.25) is 4.79 Å². The highest BCUT2D eigenvalue weighted by molar-refractivity contribution is 8.00. The minimum atomic E-state index is -7.92. The molecule has 0 aliphatic heterocycles. The number of carbonyl (C=O) groups excluding carboxylic acids is 1. The maximum absolute atomic E-state index is 14.0. The van der Waals surface area contributed by atoms with Crippen LogP contribution in [0.5, 0.6) is 0 Å². The number of aryl methyl sites for hydroxylation is 1. The lowest BCUT2D eigenvalue weighted by Crippen LogP contribution is -2.70. The second-order valence-corrected chi connectivity index (χ2v) is 12.9. The van der Waals surface area contributed by atoms with E-state index >= 15 is 0 Å². The second kappa shape index (κ2) is 13.2. The number of carbonyl (C=O) groups is 1. The average molecular weight is 689 g/mol. The summed E-state index contributed by atoms with van der Waals surface area (Å²) in [7, 11) is 0. The molecule has 0 saturated carbocycles. The van der Waals surface area contributed by atoms with E-state index < -0.39 is 54.6 Å². The fraction of sp³-hybridized carbons (Fsp3) is 0.552. The van der Waals surface area contributed by atoms with E-state index in [1.165, 1.54) is 23.9 Å². The first kappa shape index (κ1) is 38.5. The summed E-state index contributed by atoms with van der Waals surface area (Å²) < 4.78 is 178. The summed E-state index contributed by atoms with van der Waals surface area (Å²) >= 11 is 1.44. The Morgan fingerprint density at radius 2 is 1.16 bits per heavy atom. The molecule has 0 N–H and O–H groups in total. The highest BCUT2D eigenvalue weighted by Crippen LogP contribution is 2.60. The highest BCUT2D eigenvalue weighted by atomic mass is 32.2.